The molecule has 0 radical (unpaired) electrons. The van der Waals surface area contributed by atoms with Crippen molar-refractivity contribution in [3.8, 4) is 0 Å². The van der Waals surface area contributed by atoms with Crippen molar-refractivity contribution >= 4 is 21.7 Å². The highest BCUT2D eigenvalue weighted by Crippen LogP contribution is 2.36. The summed E-state index contributed by atoms with van der Waals surface area (Å²) in [5, 5.41) is 0. The first kappa shape index (κ1) is 16.6. The molecule has 0 aliphatic carbocycles. The van der Waals surface area contributed by atoms with Gasteiger partial charge in [0.25, 0.3) is 10.0 Å². The summed E-state index contributed by atoms with van der Waals surface area (Å²) in [5.41, 5.74) is 1.60. The maximum Gasteiger partial charge on any atom is 0.342 e. The average Bonchev–Trinajstić information content (AvgIpc) is 2.88. The molecular formula is C17H19NO5S. The number of anilines is 1. The first-order valence-electron chi connectivity index (χ1n) is 7.67. The molecule has 2 heterocycles. The topological polar surface area (TPSA) is 76.8 Å². The maximum atomic E-state index is 13.3. The Kier molecular flexibility index (Phi) is 4.13. The van der Waals surface area contributed by atoms with E-state index in [0.717, 1.165) is 18.4 Å². The number of aryl methyl sites for hydroxylation is 3. The Morgan fingerprint density at radius 2 is 1.92 bits per heavy atom. The van der Waals surface area contributed by atoms with Crippen molar-refractivity contribution in [2.24, 2.45) is 0 Å². The van der Waals surface area contributed by atoms with E-state index in [2.05, 4.69) is 0 Å². The van der Waals surface area contributed by atoms with Crippen LogP contribution in [0.4, 0.5) is 5.69 Å². The molecule has 0 fully saturated rings. The molecule has 1 aliphatic heterocycles. The third-order valence-electron chi connectivity index (χ3n) is 4.21. The van der Waals surface area contributed by atoms with Gasteiger partial charge in [0.2, 0.25) is 0 Å². The lowest BCUT2D eigenvalue weighted by Gasteiger charge is -2.30. The monoisotopic (exact) mass is 349 g/mol. The molecular weight excluding hydrogens is 330 g/mol. The Bertz CT molecular complexity index is 898. The zero-order valence-electron chi connectivity index (χ0n) is 13.8. The Morgan fingerprint density at radius 1 is 1.21 bits per heavy atom. The van der Waals surface area contributed by atoms with Crippen LogP contribution in [0.15, 0.2) is 33.6 Å². The maximum absolute atomic E-state index is 13.3. The number of hydrogen-bond donors (Lipinski definition) is 0. The van der Waals surface area contributed by atoms with Crippen molar-refractivity contribution in [1.82, 2.24) is 0 Å². The molecule has 1 aliphatic rings. The number of sulfonamides is 1. The summed E-state index contributed by atoms with van der Waals surface area (Å²) in [6.45, 7) is 3.47. The lowest BCUT2D eigenvalue weighted by molar-refractivity contribution is 0.0595. The fourth-order valence-electron chi connectivity index (χ4n) is 3.17. The molecule has 7 heteroatoms. The van der Waals surface area contributed by atoms with Gasteiger partial charge in [-0.3, -0.25) is 4.31 Å². The van der Waals surface area contributed by atoms with Crippen LogP contribution in [0, 0.1) is 13.8 Å². The van der Waals surface area contributed by atoms with E-state index >= 15 is 0 Å². The predicted octanol–water partition coefficient (Wildman–Crippen LogP) is 2.82. The van der Waals surface area contributed by atoms with Crippen molar-refractivity contribution in [2.75, 3.05) is 18.0 Å². The van der Waals surface area contributed by atoms with E-state index in [0.29, 0.717) is 12.2 Å². The summed E-state index contributed by atoms with van der Waals surface area (Å²) in [7, 11) is -2.71. The van der Waals surface area contributed by atoms with E-state index < -0.39 is 16.0 Å². The van der Waals surface area contributed by atoms with E-state index in [-0.39, 0.29) is 22.0 Å². The molecule has 0 spiro atoms. The van der Waals surface area contributed by atoms with Gasteiger partial charge in [0.15, 0.2) is 0 Å². The number of carbonyl (C=O) groups excluding carboxylic acids is 1. The van der Waals surface area contributed by atoms with Crippen molar-refractivity contribution in [3.05, 3.63) is 46.9 Å². The first-order chi connectivity index (χ1) is 11.4. The van der Waals surface area contributed by atoms with Crippen LogP contribution in [0.5, 0.6) is 0 Å². The fourth-order valence-corrected chi connectivity index (χ4v) is 5.09. The zero-order chi connectivity index (χ0) is 17.5. The standard InChI is InChI=1S/C17H19NO5S/c1-11-15(17(19)22-3)16(12(2)23-11)24(20,21)18-10-6-8-13-7-4-5-9-14(13)18/h4-5,7,9H,6,8,10H2,1-3H3. The van der Waals surface area contributed by atoms with Gasteiger partial charge in [-0.2, -0.15) is 0 Å². The van der Waals surface area contributed by atoms with Crippen LogP contribution in [-0.2, 0) is 21.2 Å². The number of fused-ring (bicyclic) bond motifs is 1. The van der Waals surface area contributed by atoms with Gasteiger partial charge in [0, 0.05) is 6.54 Å². The van der Waals surface area contributed by atoms with E-state index in [4.69, 9.17) is 9.15 Å². The molecule has 0 amide bonds. The van der Waals surface area contributed by atoms with E-state index in [1.807, 2.05) is 12.1 Å². The van der Waals surface area contributed by atoms with Crippen molar-refractivity contribution in [3.63, 3.8) is 0 Å². The molecule has 0 N–H and O–H groups in total. The highest BCUT2D eigenvalue weighted by molar-refractivity contribution is 7.93. The van der Waals surface area contributed by atoms with Crippen LogP contribution in [0.2, 0.25) is 0 Å². The van der Waals surface area contributed by atoms with Crippen molar-refractivity contribution < 1.29 is 22.4 Å². The fraction of sp³-hybridized carbons (Fsp3) is 0.353. The van der Waals surface area contributed by atoms with Gasteiger partial charge in [0.1, 0.15) is 22.0 Å². The van der Waals surface area contributed by atoms with Gasteiger partial charge in [-0.25, -0.2) is 13.2 Å². The highest BCUT2D eigenvalue weighted by atomic mass is 32.2. The summed E-state index contributed by atoms with van der Waals surface area (Å²) >= 11 is 0. The van der Waals surface area contributed by atoms with Gasteiger partial charge < -0.3 is 9.15 Å². The van der Waals surface area contributed by atoms with E-state index in [1.54, 1.807) is 26.0 Å². The van der Waals surface area contributed by atoms with E-state index in [1.165, 1.54) is 11.4 Å². The van der Waals surface area contributed by atoms with Gasteiger partial charge in [-0.15, -0.1) is 0 Å². The molecule has 0 bridgehead atoms. The summed E-state index contributed by atoms with van der Waals surface area (Å²) in [6.07, 6.45) is 1.55. The molecule has 0 unspecified atom stereocenters. The minimum atomic E-state index is -3.93. The third-order valence-corrected chi connectivity index (χ3v) is 6.18. The Morgan fingerprint density at radius 3 is 2.62 bits per heavy atom. The summed E-state index contributed by atoms with van der Waals surface area (Å²) in [6, 6.07) is 7.40. The number of para-hydroxylation sites is 1. The first-order valence-corrected chi connectivity index (χ1v) is 9.11. The van der Waals surface area contributed by atoms with Crippen LogP contribution < -0.4 is 4.31 Å². The van der Waals surface area contributed by atoms with Gasteiger partial charge >= 0.3 is 5.97 Å². The summed E-state index contributed by atoms with van der Waals surface area (Å²) < 4.78 is 38.1. The molecule has 0 atom stereocenters. The van der Waals surface area contributed by atoms with Gasteiger partial charge in [-0.05, 0) is 38.3 Å². The second kappa shape index (κ2) is 5.98. The molecule has 6 nitrogen and oxygen atoms in total. The normalized spacial score (nSPS) is 14.4. The Balaban J connectivity index is 2.19. The number of carbonyl (C=O) groups is 1. The van der Waals surface area contributed by atoms with Gasteiger partial charge in [0.05, 0.1) is 12.8 Å². The lowest BCUT2D eigenvalue weighted by Crippen LogP contribution is -2.36. The van der Waals surface area contributed by atoms with Crippen molar-refractivity contribution in [1.29, 1.82) is 0 Å². The molecule has 0 saturated carbocycles. The second-order valence-corrected chi connectivity index (χ2v) is 7.52. The number of benzene rings is 1. The van der Waals surface area contributed by atoms with E-state index in [9.17, 15) is 13.2 Å². The van der Waals surface area contributed by atoms with Crippen LogP contribution >= 0.6 is 0 Å². The van der Waals surface area contributed by atoms with Crippen molar-refractivity contribution in [2.45, 2.75) is 31.6 Å². The average molecular weight is 349 g/mol. The molecule has 128 valence electrons. The minimum absolute atomic E-state index is 0.0296. The third kappa shape index (κ3) is 2.49. The Hall–Kier alpha value is -2.28. The number of hydrogen-bond acceptors (Lipinski definition) is 5. The lowest BCUT2D eigenvalue weighted by atomic mass is 10.0. The zero-order valence-corrected chi connectivity index (χ0v) is 14.6. The van der Waals surface area contributed by atoms with Crippen LogP contribution in [0.25, 0.3) is 0 Å². The van der Waals surface area contributed by atoms with Crippen LogP contribution in [0.1, 0.15) is 33.9 Å². The molecule has 2 aromatic rings. The molecule has 0 saturated heterocycles. The van der Waals surface area contributed by atoms with Crippen LogP contribution in [0.3, 0.4) is 0 Å². The number of rotatable bonds is 3. The number of furan rings is 1. The number of ether oxygens (including phenoxy) is 1. The smallest absolute Gasteiger partial charge is 0.342 e. The van der Waals surface area contributed by atoms with Gasteiger partial charge in [-0.1, -0.05) is 18.2 Å². The molecule has 3 rings (SSSR count). The summed E-state index contributed by atoms with van der Waals surface area (Å²) in [4.78, 5) is 12.0. The largest absolute Gasteiger partial charge is 0.465 e. The minimum Gasteiger partial charge on any atom is -0.465 e. The number of methoxy groups -OCH3 is 1. The highest BCUT2D eigenvalue weighted by Gasteiger charge is 2.37. The Labute approximate surface area is 141 Å². The molecule has 24 heavy (non-hydrogen) atoms. The SMILES string of the molecule is COC(=O)c1c(C)oc(C)c1S(=O)(=O)N1CCCc2ccccc21. The second-order valence-electron chi connectivity index (χ2n) is 5.72. The van der Waals surface area contributed by atoms with Crippen LogP contribution in [-0.4, -0.2) is 28.0 Å². The molecule has 1 aromatic carbocycles. The predicted molar refractivity (Wildman–Crippen MR) is 88.8 cm³/mol. The quantitative estimate of drug-likeness (QED) is 0.797. The number of esters is 1. The number of nitrogens with zero attached hydrogens (tertiary/aromatic N) is 1. The molecule has 1 aromatic heterocycles. The summed E-state index contributed by atoms with van der Waals surface area (Å²) in [5.74, 6) is -0.285.